The molecule has 4 fully saturated rings. The molecule has 48 heavy (non-hydrogen) atoms. The highest BCUT2D eigenvalue weighted by Crippen LogP contribution is 2.48. The summed E-state index contributed by atoms with van der Waals surface area (Å²) in [6.45, 7) is 11.4. The van der Waals surface area contributed by atoms with Crippen molar-refractivity contribution in [3.05, 3.63) is 27.7 Å². The number of anilines is 1. The third kappa shape index (κ3) is 10.0. The number of fused-ring (bicyclic) bond motifs is 2. The average Bonchev–Trinajstić information content (AvgIpc) is 3.74. The summed E-state index contributed by atoms with van der Waals surface area (Å²) in [6.07, 6.45) is 0.965. The van der Waals surface area contributed by atoms with E-state index in [4.69, 9.17) is 39.9 Å². The van der Waals surface area contributed by atoms with Crippen LogP contribution in [0.15, 0.2) is 17.2 Å². The molecule has 5 heterocycles. The number of hydrogen-bond donors (Lipinski definition) is 4. The van der Waals surface area contributed by atoms with Crippen LogP contribution in [0.4, 0.5) is 5.69 Å². The Kier molecular flexibility index (Phi) is 14.3. The molecule has 4 saturated heterocycles. The normalized spacial score (nSPS) is 31.1. The maximum Gasteiger partial charge on any atom is 0.305 e. The number of nitrogens with zero attached hydrogens (tertiary/aromatic N) is 1. The van der Waals surface area contributed by atoms with E-state index in [2.05, 4.69) is 22.5 Å². The van der Waals surface area contributed by atoms with Crippen LogP contribution in [0.3, 0.4) is 0 Å². The van der Waals surface area contributed by atoms with Crippen molar-refractivity contribution in [1.29, 1.82) is 5.26 Å². The fraction of sp³-hybridized carbons (Fsp3) is 0.700. The minimum Gasteiger partial charge on any atom is -0.397 e. The molecule has 0 saturated carbocycles. The third-order valence-electron chi connectivity index (χ3n) is 7.44. The lowest BCUT2D eigenvalue weighted by Gasteiger charge is -2.23. The van der Waals surface area contributed by atoms with Crippen LogP contribution in [-0.4, -0.2) is 86.5 Å². The molecule has 8 atom stereocenters. The number of nitrogen functional groups attached to an aromatic ring is 1. The van der Waals surface area contributed by atoms with Crippen molar-refractivity contribution >= 4 is 51.6 Å². The molecule has 6 N–H and O–H groups in total. The maximum absolute atomic E-state index is 11.4. The van der Waals surface area contributed by atoms with E-state index in [-0.39, 0.29) is 61.3 Å². The molecule has 0 radical (unpaired) electrons. The van der Waals surface area contributed by atoms with Crippen LogP contribution in [0.1, 0.15) is 83.1 Å². The number of nitrogens with two attached hydrogens (primary N) is 3. The van der Waals surface area contributed by atoms with Crippen molar-refractivity contribution in [3.63, 3.8) is 0 Å². The molecule has 0 aliphatic carbocycles. The second kappa shape index (κ2) is 16.5. The van der Waals surface area contributed by atoms with Gasteiger partial charge in [-0.05, 0) is 45.9 Å². The molecule has 0 aromatic carbocycles. The van der Waals surface area contributed by atoms with E-state index < -0.39 is 39.8 Å². The highest BCUT2D eigenvalue weighted by molar-refractivity contribution is 7.86. The van der Waals surface area contributed by atoms with Gasteiger partial charge in [-0.3, -0.25) is 9.59 Å². The van der Waals surface area contributed by atoms with Crippen LogP contribution in [0.2, 0.25) is 0 Å². The predicted octanol–water partition coefficient (Wildman–Crippen LogP) is 2.90. The van der Waals surface area contributed by atoms with Gasteiger partial charge in [-0.25, -0.2) is 0 Å². The Bertz CT molecular complexity index is 1470. The first-order chi connectivity index (χ1) is 21.8. The van der Waals surface area contributed by atoms with Gasteiger partial charge in [0.1, 0.15) is 53.8 Å². The summed E-state index contributed by atoms with van der Waals surface area (Å²) < 4.78 is 62.0. The minimum atomic E-state index is -3.68. The molecule has 3 unspecified atom stereocenters. The fourth-order valence-electron chi connectivity index (χ4n) is 5.61. The Balaban J connectivity index is 0.000000287. The molecule has 0 spiro atoms. The number of thiol groups is 1. The van der Waals surface area contributed by atoms with Crippen molar-refractivity contribution in [3.8, 4) is 6.07 Å². The SMILES string of the molecule is C.CC[C@H]1OC(C(C#N)=COS(C)(=O)=O)C2OC(C)(C)O[C@H]21.CC[C@H]1O[C@@H](c2csc(C(N)=O)c2N)C2OC(C)(C)O[C@H]21.NC(=O)CS. The lowest BCUT2D eigenvalue weighted by atomic mass is 10.0. The van der Waals surface area contributed by atoms with Gasteiger partial charge >= 0.3 is 10.1 Å². The van der Waals surface area contributed by atoms with Crippen molar-refractivity contribution < 1.29 is 50.6 Å². The first-order valence-corrected chi connectivity index (χ1v) is 18.2. The number of carbonyl (C=O) groups excluding carboxylic acids is 2. The van der Waals surface area contributed by atoms with Crippen molar-refractivity contribution in [2.75, 3.05) is 17.7 Å². The summed E-state index contributed by atoms with van der Waals surface area (Å²) in [6, 6.07) is 1.91. The maximum atomic E-state index is 11.4. The van der Waals surface area contributed by atoms with E-state index in [1.807, 2.05) is 39.1 Å². The molecular weight excluding hydrogens is 689 g/mol. The van der Waals surface area contributed by atoms with Gasteiger partial charge in [-0.15, -0.1) is 11.3 Å². The van der Waals surface area contributed by atoms with E-state index in [0.29, 0.717) is 17.0 Å². The van der Waals surface area contributed by atoms with Crippen LogP contribution in [0.5, 0.6) is 0 Å². The number of rotatable bonds is 8. The van der Waals surface area contributed by atoms with Crippen molar-refractivity contribution in [2.24, 2.45) is 11.5 Å². The van der Waals surface area contributed by atoms with Gasteiger partial charge in [0.25, 0.3) is 5.91 Å². The van der Waals surface area contributed by atoms with Crippen LogP contribution in [-0.2, 0) is 47.5 Å². The Hall–Kier alpha value is -2.47. The van der Waals surface area contributed by atoms with Crippen LogP contribution >= 0.6 is 24.0 Å². The Morgan fingerprint density at radius 3 is 1.92 bits per heavy atom. The number of nitriles is 1. The summed E-state index contributed by atoms with van der Waals surface area (Å²) >= 11 is 4.78. The molecule has 15 nitrogen and oxygen atoms in total. The number of carbonyl (C=O) groups is 2. The van der Waals surface area contributed by atoms with Crippen LogP contribution in [0, 0.1) is 11.3 Å². The van der Waals surface area contributed by atoms with E-state index in [1.165, 1.54) is 11.3 Å². The van der Waals surface area contributed by atoms with Gasteiger partial charge in [0.15, 0.2) is 11.6 Å². The van der Waals surface area contributed by atoms with Crippen molar-refractivity contribution in [2.45, 2.75) is 122 Å². The second-order valence-electron chi connectivity index (χ2n) is 12.0. The highest BCUT2D eigenvalue weighted by Gasteiger charge is 2.56. The number of ether oxygens (including phenoxy) is 6. The molecule has 4 aliphatic heterocycles. The fourth-order valence-corrected chi connectivity index (χ4v) is 6.75. The summed E-state index contributed by atoms with van der Waals surface area (Å²) in [7, 11) is -3.68. The number of hydrogen-bond acceptors (Lipinski definition) is 15. The monoisotopic (exact) mass is 736 g/mol. The highest BCUT2D eigenvalue weighted by atomic mass is 32.2. The number of amides is 2. The zero-order valence-corrected chi connectivity index (χ0v) is 29.9. The van der Waals surface area contributed by atoms with E-state index >= 15 is 0 Å². The van der Waals surface area contributed by atoms with E-state index in [0.717, 1.165) is 24.5 Å². The molecule has 18 heteroatoms. The Morgan fingerprint density at radius 2 is 1.48 bits per heavy atom. The first-order valence-electron chi connectivity index (χ1n) is 14.8. The van der Waals surface area contributed by atoms with Gasteiger partial charge in [0.05, 0.1) is 35.5 Å². The van der Waals surface area contributed by atoms with E-state index in [1.54, 1.807) is 13.8 Å². The summed E-state index contributed by atoms with van der Waals surface area (Å²) in [5, 5.41) is 11.0. The standard InChI is InChI=1S/C14H20N2O4S.C13H19NO6S.C2H5NOS.CH4/c1-4-7-10-11(20-14(2,3)19-10)9(18-7)6-5-21-12(8(6)15)13(16)17;1-5-9-11-12(20-13(2,3)19-11)10(18-9)8(6-14)7-17-21(4,15)16;3-2(4)1-5;/h5,7,9-11H,4,15H2,1-3H3,(H2,16,17);7,9-12H,5H2,1-4H3;5H,1H2,(H2,3,4);1H4/t7-,9+,10+,11?;9-,10?,11+,12?;;/m11../s1. The molecule has 272 valence electrons. The molecule has 1 aromatic heterocycles. The molecule has 5 rings (SSSR count). The minimum absolute atomic E-state index is 0. The van der Waals surface area contributed by atoms with Crippen LogP contribution < -0.4 is 17.2 Å². The summed E-state index contributed by atoms with van der Waals surface area (Å²) in [5.41, 5.74) is 17.2. The average molecular weight is 737 g/mol. The van der Waals surface area contributed by atoms with Gasteiger partial charge in [0, 0.05) is 5.56 Å². The smallest absolute Gasteiger partial charge is 0.305 e. The van der Waals surface area contributed by atoms with Gasteiger partial charge < -0.3 is 49.8 Å². The lowest BCUT2D eigenvalue weighted by molar-refractivity contribution is -0.187. The summed E-state index contributed by atoms with van der Waals surface area (Å²) in [4.78, 5) is 21.2. The summed E-state index contributed by atoms with van der Waals surface area (Å²) in [5.74, 6) is -2.16. The molecule has 2 amide bonds. The second-order valence-corrected chi connectivity index (χ2v) is 14.8. The Labute approximate surface area is 291 Å². The third-order valence-corrected chi connectivity index (χ3v) is 9.22. The number of primary amides is 2. The van der Waals surface area contributed by atoms with E-state index in [9.17, 15) is 23.3 Å². The van der Waals surface area contributed by atoms with Crippen LogP contribution in [0.25, 0.3) is 0 Å². The molecule has 0 bridgehead atoms. The Morgan fingerprint density at radius 1 is 1.00 bits per heavy atom. The topological polar surface area (TPSA) is 235 Å². The lowest BCUT2D eigenvalue weighted by Crippen LogP contribution is -2.30. The van der Waals surface area contributed by atoms with Crippen molar-refractivity contribution in [1.82, 2.24) is 0 Å². The molecule has 4 aliphatic rings. The number of thiophene rings is 1. The van der Waals surface area contributed by atoms with Gasteiger partial charge in [-0.2, -0.15) is 26.3 Å². The largest absolute Gasteiger partial charge is 0.397 e. The molecule has 1 aromatic rings. The zero-order chi connectivity index (χ0) is 35.5. The van der Waals surface area contributed by atoms with Gasteiger partial charge in [-0.1, -0.05) is 21.3 Å². The van der Waals surface area contributed by atoms with Gasteiger partial charge in [0.2, 0.25) is 5.91 Å². The zero-order valence-electron chi connectivity index (χ0n) is 27.3. The molecular formula is C30H48N4O11S3. The quantitative estimate of drug-likeness (QED) is 0.130. The first kappa shape index (κ1) is 41.7. The predicted molar refractivity (Wildman–Crippen MR) is 181 cm³/mol.